The molecule has 6 nitrogen and oxygen atoms in total. The molecule has 2 unspecified atom stereocenters. The largest absolute Gasteiger partial charge is 0.339 e. The minimum absolute atomic E-state index is 0. The van der Waals surface area contributed by atoms with Gasteiger partial charge in [-0.25, -0.2) is 4.79 Å². The maximum atomic E-state index is 12.5. The van der Waals surface area contributed by atoms with Gasteiger partial charge in [-0.15, -0.1) is 12.4 Å². The Morgan fingerprint density at radius 2 is 1.50 bits per heavy atom. The van der Waals surface area contributed by atoms with Crippen molar-refractivity contribution < 1.29 is 9.59 Å². The van der Waals surface area contributed by atoms with Crippen LogP contribution in [0.4, 0.5) is 4.79 Å². The van der Waals surface area contributed by atoms with Gasteiger partial charge in [0.25, 0.3) is 0 Å². The van der Waals surface area contributed by atoms with Gasteiger partial charge in [-0.2, -0.15) is 0 Å². The van der Waals surface area contributed by atoms with E-state index in [1.54, 1.807) is 0 Å². The van der Waals surface area contributed by atoms with E-state index in [1.165, 1.54) is 19.3 Å². The van der Waals surface area contributed by atoms with E-state index >= 15 is 0 Å². The molecule has 0 aromatic heterocycles. The van der Waals surface area contributed by atoms with Gasteiger partial charge in [0.1, 0.15) is 0 Å². The lowest BCUT2D eigenvalue weighted by atomic mass is 9.96. The number of hydrogen-bond acceptors (Lipinski definition) is 3. The number of nitrogens with one attached hydrogen (secondary N) is 1. The maximum Gasteiger partial charge on any atom is 0.317 e. The van der Waals surface area contributed by atoms with Crippen LogP contribution in [0.25, 0.3) is 0 Å². The molecule has 2 saturated carbocycles. The van der Waals surface area contributed by atoms with Gasteiger partial charge >= 0.3 is 6.03 Å². The standard InChI is InChI=1S/C17H30N4O2.ClH/c18-14-7-6-13(12-14)16(22)20-8-10-21(11-9-20)17(23)19-15-4-2-1-3-5-15;/h13-15H,1-12,18H2,(H,19,23);1H. The Kier molecular flexibility index (Phi) is 7.16. The number of carbonyl (C=O) groups is 2. The Morgan fingerprint density at radius 3 is 2.08 bits per heavy atom. The summed E-state index contributed by atoms with van der Waals surface area (Å²) >= 11 is 0. The van der Waals surface area contributed by atoms with Crippen LogP contribution >= 0.6 is 12.4 Å². The molecule has 0 bridgehead atoms. The molecule has 138 valence electrons. The lowest BCUT2D eigenvalue weighted by Gasteiger charge is -2.37. The molecule has 0 spiro atoms. The van der Waals surface area contributed by atoms with Crippen LogP contribution in [0.2, 0.25) is 0 Å². The Labute approximate surface area is 150 Å². The second kappa shape index (κ2) is 8.90. The molecule has 0 radical (unpaired) electrons. The van der Waals surface area contributed by atoms with Crippen molar-refractivity contribution in [3.05, 3.63) is 0 Å². The number of nitrogens with zero attached hydrogens (tertiary/aromatic N) is 2. The molecule has 3 rings (SSSR count). The van der Waals surface area contributed by atoms with Crippen LogP contribution in [0, 0.1) is 5.92 Å². The Hall–Kier alpha value is -1.01. The SMILES string of the molecule is Cl.NC1CCC(C(=O)N2CCN(C(=O)NC3CCCCC3)CC2)C1. The van der Waals surface area contributed by atoms with Crippen LogP contribution in [0.5, 0.6) is 0 Å². The highest BCUT2D eigenvalue weighted by molar-refractivity contribution is 5.85. The van der Waals surface area contributed by atoms with Gasteiger partial charge in [0.15, 0.2) is 0 Å². The van der Waals surface area contributed by atoms with Crippen LogP contribution in [0.3, 0.4) is 0 Å². The molecule has 1 heterocycles. The summed E-state index contributed by atoms with van der Waals surface area (Å²) in [5.41, 5.74) is 5.91. The van der Waals surface area contributed by atoms with Crippen LogP contribution < -0.4 is 11.1 Å². The number of rotatable bonds is 2. The van der Waals surface area contributed by atoms with Crippen molar-refractivity contribution in [3.8, 4) is 0 Å². The monoisotopic (exact) mass is 358 g/mol. The Morgan fingerprint density at radius 1 is 0.875 bits per heavy atom. The smallest absolute Gasteiger partial charge is 0.317 e. The maximum absolute atomic E-state index is 12.5. The lowest BCUT2D eigenvalue weighted by Crippen LogP contribution is -2.55. The zero-order valence-electron chi connectivity index (χ0n) is 14.4. The Bertz CT molecular complexity index is 434. The first-order valence-corrected chi connectivity index (χ1v) is 9.23. The number of hydrogen-bond donors (Lipinski definition) is 2. The van der Waals surface area contributed by atoms with Crippen molar-refractivity contribution >= 4 is 24.3 Å². The van der Waals surface area contributed by atoms with Crippen molar-refractivity contribution in [2.75, 3.05) is 26.2 Å². The summed E-state index contributed by atoms with van der Waals surface area (Å²) < 4.78 is 0. The van der Waals surface area contributed by atoms with Gasteiger partial charge in [0.2, 0.25) is 5.91 Å². The number of piperazine rings is 1. The van der Waals surface area contributed by atoms with Gasteiger partial charge in [-0.1, -0.05) is 19.3 Å². The van der Waals surface area contributed by atoms with Crippen molar-refractivity contribution in [2.24, 2.45) is 11.7 Å². The van der Waals surface area contributed by atoms with Gasteiger partial charge in [0, 0.05) is 44.2 Å². The summed E-state index contributed by atoms with van der Waals surface area (Å²) in [6.45, 7) is 2.59. The first kappa shape index (κ1) is 19.3. The van der Waals surface area contributed by atoms with E-state index in [-0.39, 0.29) is 36.3 Å². The van der Waals surface area contributed by atoms with Crippen LogP contribution in [0.15, 0.2) is 0 Å². The number of halogens is 1. The zero-order valence-corrected chi connectivity index (χ0v) is 15.2. The fraction of sp³-hybridized carbons (Fsp3) is 0.882. The van der Waals surface area contributed by atoms with Crippen LogP contribution in [-0.4, -0.2) is 60.0 Å². The number of carbonyl (C=O) groups excluding carboxylic acids is 2. The molecule has 2 atom stereocenters. The predicted octanol–water partition coefficient (Wildman–Crippen LogP) is 1.72. The minimum Gasteiger partial charge on any atom is -0.339 e. The third kappa shape index (κ3) is 4.76. The lowest BCUT2D eigenvalue weighted by molar-refractivity contribution is -0.136. The predicted molar refractivity (Wildman–Crippen MR) is 96.1 cm³/mol. The highest BCUT2D eigenvalue weighted by Gasteiger charge is 2.33. The molecule has 3 N–H and O–H groups in total. The second-order valence-electron chi connectivity index (χ2n) is 7.37. The quantitative estimate of drug-likeness (QED) is 0.788. The first-order valence-electron chi connectivity index (χ1n) is 9.23. The van der Waals surface area contributed by atoms with Crippen molar-refractivity contribution in [1.82, 2.24) is 15.1 Å². The minimum atomic E-state index is 0. The summed E-state index contributed by atoms with van der Waals surface area (Å²) in [5, 5.41) is 3.16. The molecule has 0 aromatic carbocycles. The van der Waals surface area contributed by atoms with Crippen LogP contribution in [-0.2, 0) is 4.79 Å². The van der Waals surface area contributed by atoms with E-state index in [1.807, 2.05) is 9.80 Å². The first-order chi connectivity index (χ1) is 11.1. The summed E-state index contributed by atoms with van der Waals surface area (Å²) in [4.78, 5) is 28.6. The van der Waals surface area contributed by atoms with E-state index in [2.05, 4.69) is 5.32 Å². The molecule has 3 fully saturated rings. The van der Waals surface area contributed by atoms with Crippen molar-refractivity contribution in [1.29, 1.82) is 0 Å². The molecular formula is C17H31ClN4O2. The van der Waals surface area contributed by atoms with Gasteiger partial charge in [-0.3, -0.25) is 4.79 Å². The van der Waals surface area contributed by atoms with E-state index in [0.717, 1.165) is 32.1 Å². The van der Waals surface area contributed by atoms with Crippen LogP contribution in [0.1, 0.15) is 51.4 Å². The van der Waals surface area contributed by atoms with Gasteiger partial charge in [-0.05, 0) is 32.1 Å². The molecular weight excluding hydrogens is 328 g/mol. The molecule has 3 amide bonds. The summed E-state index contributed by atoms with van der Waals surface area (Å²) in [6, 6.07) is 0.578. The summed E-state index contributed by atoms with van der Waals surface area (Å²) in [7, 11) is 0. The molecule has 1 saturated heterocycles. The van der Waals surface area contributed by atoms with Crippen molar-refractivity contribution in [2.45, 2.75) is 63.5 Å². The molecule has 7 heteroatoms. The topological polar surface area (TPSA) is 78.7 Å². The highest BCUT2D eigenvalue weighted by Crippen LogP contribution is 2.26. The highest BCUT2D eigenvalue weighted by atomic mass is 35.5. The third-order valence-corrected chi connectivity index (χ3v) is 5.63. The van der Waals surface area contributed by atoms with E-state index < -0.39 is 0 Å². The number of urea groups is 1. The molecule has 24 heavy (non-hydrogen) atoms. The Balaban J connectivity index is 0.00000208. The molecule has 2 aliphatic carbocycles. The average Bonchev–Trinajstić information content (AvgIpc) is 3.02. The average molecular weight is 359 g/mol. The van der Waals surface area contributed by atoms with Gasteiger partial charge < -0.3 is 20.9 Å². The van der Waals surface area contributed by atoms with Crippen molar-refractivity contribution in [3.63, 3.8) is 0 Å². The van der Waals surface area contributed by atoms with E-state index in [4.69, 9.17) is 5.73 Å². The number of amides is 3. The summed E-state index contributed by atoms with van der Waals surface area (Å²) in [5.74, 6) is 0.345. The van der Waals surface area contributed by atoms with E-state index in [0.29, 0.717) is 32.2 Å². The normalized spacial score (nSPS) is 28.4. The molecule has 3 aliphatic rings. The number of nitrogens with two attached hydrogens (primary N) is 1. The van der Waals surface area contributed by atoms with Gasteiger partial charge in [0.05, 0.1) is 0 Å². The molecule has 1 aliphatic heterocycles. The molecule has 0 aromatic rings. The summed E-state index contributed by atoms with van der Waals surface area (Å²) in [6.07, 6.45) is 8.63. The fourth-order valence-corrected chi connectivity index (χ4v) is 4.14. The zero-order chi connectivity index (χ0) is 16.2. The fourth-order valence-electron chi connectivity index (χ4n) is 4.14. The second-order valence-corrected chi connectivity index (χ2v) is 7.37. The van der Waals surface area contributed by atoms with E-state index in [9.17, 15) is 9.59 Å². The third-order valence-electron chi connectivity index (χ3n) is 5.63.